The summed E-state index contributed by atoms with van der Waals surface area (Å²) in [6.07, 6.45) is 1.62. The van der Waals surface area contributed by atoms with Gasteiger partial charge in [0.25, 0.3) is 5.91 Å². The van der Waals surface area contributed by atoms with Gasteiger partial charge in [-0.15, -0.1) is 0 Å². The van der Waals surface area contributed by atoms with Gasteiger partial charge in [0.2, 0.25) is 5.95 Å². The van der Waals surface area contributed by atoms with Crippen molar-refractivity contribution in [2.75, 3.05) is 31.5 Å². The Morgan fingerprint density at radius 2 is 1.74 bits per heavy atom. The maximum atomic E-state index is 14.8. The second kappa shape index (κ2) is 12.6. The number of nitrogens with two attached hydrogens (primary N) is 1. The van der Waals surface area contributed by atoms with E-state index in [-0.39, 0.29) is 37.2 Å². The molecule has 1 aromatic heterocycles. The van der Waals surface area contributed by atoms with Crippen molar-refractivity contribution in [3.63, 3.8) is 0 Å². The Bertz CT molecular complexity index is 1720. The van der Waals surface area contributed by atoms with Gasteiger partial charge in [-0.25, -0.2) is 18.7 Å². The number of hydrogen-bond acceptors (Lipinski definition) is 6. The molecule has 0 bridgehead atoms. The van der Waals surface area contributed by atoms with Crippen molar-refractivity contribution in [2.45, 2.75) is 14.0 Å². The Balaban J connectivity index is 0.00000368. The van der Waals surface area contributed by atoms with Crippen molar-refractivity contribution in [1.29, 1.82) is 0 Å². The first-order valence-electron chi connectivity index (χ1n) is 13.2. The van der Waals surface area contributed by atoms with Crippen LogP contribution in [0.4, 0.5) is 20.4 Å². The Labute approximate surface area is 252 Å². The molecule has 0 atom stereocenters. The van der Waals surface area contributed by atoms with E-state index >= 15 is 0 Å². The van der Waals surface area contributed by atoms with Crippen molar-refractivity contribution in [1.82, 2.24) is 20.2 Å². The van der Waals surface area contributed by atoms with E-state index in [0.29, 0.717) is 51.7 Å². The maximum Gasteiger partial charge on any atom is 0.280 e. The van der Waals surface area contributed by atoms with Gasteiger partial charge in [-0.05, 0) is 48.5 Å². The Morgan fingerprint density at radius 1 is 1.02 bits per heavy atom. The number of hydrogen-bond donors (Lipinski definition) is 3. The van der Waals surface area contributed by atoms with Crippen molar-refractivity contribution in [3.8, 4) is 11.3 Å². The van der Waals surface area contributed by atoms with Gasteiger partial charge >= 0.3 is 0 Å². The molecule has 12 heteroatoms. The summed E-state index contributed by atoms with van der Waals surface area (Å²) >= 11 is 6.30. The highest BCUT2D eigenvalue weighted by molar-refractivity contribution is 6.31. The third kappa shape index (κ3) is 6.23. The van der Waals surface area contributed by atoms with Gasteiger partial charge in [-0.2, -0.15) is 4.99 Å². The fourth-order valence-electron chi connectivity index (χ4n) is 4.88. The molecule has 9 nitrogen and oxygen atoms in total. The number of aromatic nitrogens is 2. The molecular formula is C31H29ClF2N8O. The van der Waals surface area contributed by atoms with Gasteiger partial charge in [-0.3, -0.25) is 9.79 Å². The van der Waals surface area contributed by atoms with Gasteiger partial charge in [0.05, 0.1) is 23.5 Å². The second-order valence-electron chi connectivity index (χ2n) is 9.73. The quantitative estimate of drug-likeness (QED) is 0.218. The number of amides is 1. The highest BCUT2D eigenvalue weighted by atomic mass is 35.5. The standard InChI is InChI=1S/C30H25ClF2N8O.CH4/c31-19-6-9-21-22(14-19)27(25-23(32)2-1-3-24(25)33)36-15-18-16-37-30(39-26(18)21)38-20-7-4-17(5-8-20)28(42)40-29(34)41-12-10-35-11-13-41;/h1-9,14,16,35H,10-13,15H2,(H2,34,40,42)(H,37,38,39);1H4. The van der Waals surface area contributed by atoms with Crippen LogP contribution in [0.1, 0.15) is 34.5 Å². The average molecular weight is 603 g/mol. The van der Waals surface area contributed by atoms with E-state index in [1.807, 2.05) is 4.90 Å². The molecule has 1 fully saturated rings. The zero-order valence-electron chi connectivity index (χ0n) is 22.2. The summed E-state index contributed by atoms with van der Waals surface area (Å²) in [6.45, 7) is 3.06. The summed E-state index contributed by atoms with van der Waals surface area (Å²) in [5.41, 5.74) is 9.28. The Hall–Kier alpha value is -4.74. The molecule has 2 aliphatic heterocycles. The molecule has 4 aromatic rings. The number of aliphatic imine (C=N–C) groups is 2. The van der Waals surface area contributed by atoms with Gasteiger partial charge in [-0.1, -0.05) is 31.2 Å². The van der Waals surface area contributed by atoms with Crippen molar-refractivity contribution in [2.24, 2.45) is 15.7 Å². The zero-order chi connectivity index (χ0) is 29.2. The molecule has 0 radical (unpaired) electrons. The first-order chi connectivity index (χ1) is 20.4. The first kappa shape index (κ1) is 29.7. The van der Waals surface area contributed by atoms with E-state index in [4.69, 9.17) is 22.3 Å². The molecular weight excluding hydrogens is 574 g/mol. The molecule has 3 aromatic carbocycles. The maximum absolute atomic E-state index is 14.8. The average Bonchev–Trinajstić information content (AvgIpc) is 3.14. The number of carbonyl (C=O) groups excluding carboxylic acids is 1. The monoisotopic (exact) mass is 602 g/mol. The van der Waals surface area contributed by atoms with Crippen molar-refractivity contribution < 1.29 is 13.6 Å². The molecule has 6 rings (SSSR count). The van der Waals surface area contributed by atoms with Gasteiger partial charge in [0.1, 0.15) is 11.6 Å². The first-order valence-corrected chi connectivity index (χ1v) is 13.6. The number of halogens is 3. The number of nitrogens with zero attached hydrogens (tertiary/aromatic N) is 5. The van der Waals surface area contributed by atoms with E-state index in [2.05, 4.69) is 25.6 Å². The molecule has 0 unspecified atom stereocenters. The third-order valence-electron chi connectivity index (χ3n) is 7.01. The Morgan fingerprint density at radius 3 is 2.47 bits per heavy atom. The lowest BCUT2D eigenvalue weighted by atomic mass is 9.95. The highest BCUT2D eigenvalue weighted by Crippen LogP contribution is 2.34. The lowest BCUT2D eigenvalue weighted by molar-refractivity contribution is 0.100. The second-order valence-corrected chi connectivity index (χ2v) is 10.2. The lowest BCUT2D eigenvalue weighted by Crippen LogP contribution is -2.49. The van der Waals surface area contributed by atoms with E-state index in [1.165, 1.54) is 18.2 Å². The number of rotatable bonds is 4. The van der Waals surface area contributed by atoms with Gasteiger partial charge in [0, 0.05) is 65.3 Å². The molecule has 1 saturated heterocycles. The fourth-order valence-corrected chi connectivity index (χ4v) is 5.05. The summed E-state index contributed by atoms with van der Waals surface area (Å²) in [7, 11) is 0. The summed E-state index contributed by atoms with van der Waals surface area (Å²) < 4.78 is 29.6. The number of carbonyl (C=O) groups is 1. The topological polar surface area (TPSA) is 121 Å². The van der Waals surface area contributed by atoms with Crippen LogP contribution in [0.2, 0.25) is 5.02 Å². The predicted molar refractivity (Wildman–Crippen MR) is 165 cm³/mol. The number of anilines is 2. The lowest BCUT2D eigenvalue weighted by Gasteiger charge is -2.27. The largest absolute Gasteiger partial charge is 0.369 e. The van der Waals surface area contributed by atoms with Crippen LogP contribution >= 0.6 is 11.6 Å². The minimum atomic E-state index is -0.724. The van der Waals surface area contributed by atoms with Gasteiger partial charge in [0.15, 0.2) is 5.96 Å². The molecule has 0 spiro atoms. The van der Waals surface area contributed by atoms with E-state index in [0.717, 1.165) is 13.1 Å². The summed E-state index contributed by atoms with van der Waals surface area (Å²) in [6, 6.07) is 15.5. The minimum Gasteiger partial charge on any atom is -0.369 e. The number of nitrogens with one attached hydrogen (secondary N) is 2. The molecule has 1 amide bonds. The number of guanidine groups is 1. The van der Waals surface area contributed by atoms with E-state index < -0.39 is 17.5 Å². The SMILES string of the molecule is C.NC(=NC(=O)c1ccc(Nc2ncc3c(n2)-c2ccc(Cl)cc2C(c2c(F)cccc2F)=NC3)cc1)N1CCNCC1. The summed E-state index contributed by atoms with van der Waals surface area (Å²) in [4.78, 5) is 32.3. The summed E-state index contributed by atoms with van der Waals surface area (Å²) in [5.74, 6) is -1.39. The normalized spacial score (nSPS) is 14.5. The van der Waals surface area contributed by atoms with Crippen molar-refractivity contribution in [3.05, 3.63) is 106 Å². The number of benzene rings is 3. The number of fused-ring (bicyclic) bond motifs is 3. The molecule has 0 saturated carbocycles. The number of piperazine rings is 1. The smallest absolute Gasteiger partial charge is 0.280 e. The molecule has 3 heterocycles. The van der Waals surface area contributed by atoms with Crippen molar-refractivity contribution >= 4 is 40.8 Å². The van der Waals surface area contributed by atoms with E-state index in [1.54, 1.807) is 48.7 Å². The molecule has 220 valence electrons. The minimum absolute atomic E-state index is 0. The molecule has 4 N–H and O–H groups in total. The highest BCUT2D eigenvalue weighted by Gasteiger charge is 2.25. The summed E-state index contributed by atoms with van der Waals surface area (Å²) in [5, 5.41) is 6.76. The molecule has 43 heavy (non-hydrogen) atoms. The van der Waals surface area contributed by atoms with Crippen LogP contribution in [0.25, 0.3) is 11.3 Å². The van der Waals surface area contributed by atoms with Crippen LogP contribution in [0.15, 0.2) is 76.8 Å². The predicted octanol–water partition coefficient (Wildman–Crippen LogP) is 5.17. The third-order valence-corrected chi connectivity index (χ3v) is 7.24. The van der Waals surface area contributed by atoms with Crippen LogP contribution in [0.3, 0.4) is 0 Å². The van der Waals surface area contributed by atoms with Crippen LogP contribution in [0, 0.1) is 11.6 Å². The molecule has 2 aliphatic rings. The van der Waals surface area contributed by atoms with Crippen LogP contribution in [-0.4, -0.2) is 58.6 Å². The van der Waals surface area contributed by atoms with Crippen LogP contribution in [0.5, 0.6) is 0 Å². The molecule has 0 aliphatic carbocycles. The van der Waals surface area contributed by atoms with E-state index in [9.17, 15) is 13.6 Å². The van der Waals surface area contributed by atoms with Crippen LogP contribution < -0.4 is 16.4 Å². The fraction of sp³-hybridized carbons (Fsp3) is 0.194. The van der Waals surface area contributed by atoms with Gasteiger partial charge < -0.3 is 21.3 Å². The Kier molecular flexibility index (Phi) is 8.74. The zero-order valence-corrected chi connectivity index (χ0v) is 23.0. The van der Waals surface area contributed by atoms with Crippen LogP contribution in [-0.2, 0) is 6.54 Å².